The van der Waals surface area contributed by atoms with Crippen LogP contribution in [0.5, 0.6) is 0 Å². The molecule has 2 aromatic carbocycles. The number of amides is 1. The fraction of sp³-hybridized carbons (Fsp3) is 0.200. The van der Waals surface area contributed by atoms with Crippen molar-refractivity contribution in [2.45, 2.75) is 19.9 Å². The Kier molecular flexibility index (Phi) is 4.81. The van der Waals surface area contributed by atoms with E-state index in [9.17, 15) is 4.79 Å². The van der Waals surface area contributed by atoms with Crippen LogP contribution in [-0.2, 0) is 13.0 Å². The van der Waals surface area contributed by atoms with Crippen LogP contribution < -0.4 is 0 Å². The van der Waals surface area contributed by atoms with Crippen LogP contribution in [0.15, 0.2) is 54.6 Å². The number of hydrogen-bond acceptors (Lipinski definition) is 2. The van der Waals surface area contributed by atoms with Crippen molar-refractivity contribution in [3.05, 3.63) is 76.4 Å². The van der Waals surface area contributed by atoms with Gasteiger partial charge in [-0.2, -0.15) is 0 Å². The maximum absolute atomic E-state index is 13.1. The van der Waals surface area contributed by atoms with Crippen LogP contribution >= 0.6 is 11.6 Å². The molecule has 0 aliphatic heterocycles. The third kappa shape index (κ3) is 3.13. The molecular weight excluding hydrogens is 320 g/mol. The van der Waals surface area contributed by atoms with Crippen LogP contribution in [0, 0.1) is 0 Å². The van der Waals surface area contributed by atoms with E-state index in [1.54, 1.807) is 4.90 Å². The normalized spacial score (nSPS) is 10.8. The van der Waals surface area contributed by atoms with Gasteiger partial charge in [0.15, 0.2) is 0 Å². The first-order valence-electron chi connectivity index (χ1n) is 7.98. The number of benzene rings is 2. The number of para-hydroxylation sites is 1. The van der Waals surface area contributed by atoms with Crippen molar-refractivity contribution in [3.8, 4) is 0 Å². The first-order chi connectivity index (χ1) is 11.6. The van der Waals surface area contributed by atoms with Gasteiger partial charge in [-0.1, -0.05) is 67.1 Å². The maximum atomic E-state index is 13.1. The fourth-order valence-electron chi connectivity index (χ4n) is 2.91. The number of rotatable bonds is 4. The van der Waals surface area contributed by atoms with Crippen LogP contribution in [0.25, 0.3) is 10.9 Å². The second kappa shape index (κ2) is 7.02. The van der Waals surface area contributed by atoms with Gasteiger partial charge in [0.25, 0.3) is 5.91 Å². The lowest BCUT2D eigenvalue weighted by molar-refractivity contribution is 0.0786. The molecule has 0 spiro atoms. The Labute approximate surface area is 146 Å². The number of nitrogens with zero attached hydrogens (tertiary/aromatic N) is 2. The molecule has 0 saturated heterocycles. The zero-order chi connectivity index (χ0) is 17.1. The van der Waals surface area contributed by atoms with Gasteiger partial charge in [-0.25, -0.2) is 4.98 Å². The smallest absolute Gasteiger partial charge is 0.254 e. The molecule has 1 aromatic heterocycles. The molecule has 0 saturated carbocycles. The lowest BCUT2D eigenvalue weighted by Gasteiger charge is -2.21. The minimum absolute atomic E-state index is 0.0313. The van der Waals surface area contributed by atoms with Crippen LogP contribution in [0.3, 0.4) is 0 Å². The molecule has 0 atom stereocenters. The summed E-state index contributed by atoms with van der Waals surface area (Å²) < 4.78 is 0. The Hall–Kier alpha value is -2.39. The number of fused-ring (bicyclic) bond motifs is 1. The molecule has 3 nitrogen and oxygen atoms in total. The Bertz CT molecular complexity index is 877. The molecule has 4 heteroatoms. The molecule has 0 bridgehead atoms. The average molecular weight is 339 g/mol. The number of halogens is 1. The molecule has 0 unspecified atom stereocenters. The van der Waals surface area contributed by atoms with Gasteiger partial charge in [0.1, 0.15) is 5.15 Å². The highest BCUT2D eigenvalue weighted by molar-refractivity contribution is 6.31. The van der Waals surface area contributed by atoms with E-state index in [-0.39, 0.29) is 5.91 Å². The molecule has 0 fully saturated rings. The molecule has 24 heavy (non-hydrogen) atoms. The summed E-state index contributed by atoms with van der Waals surface area (Å²) in [7, 11) is 1.82. The van der Waals surface area contributed by atoms with E-state index in [0.29, 0.717) is 23.7 Å². The van der Waals surface area contributed by atoms with E-state index < -0.39 is 0 Å². The Morgan fingerprint density at radius 3 is 2.46 bits per heavy atom. The summed E-state index contributed by atoms with van der Waals surface area (Å²) in [5.41, 5.74) is 3.30. The van der Waals surface area contributed by atoms with Crippen molar-refractivity contribution >= 4 is 28.4 Å². The zero-order valence-electron chi connectivity index (χ0n) is 13.8. The van der Waals surface area contributed by atoms with Gasteiger partial charge >= 0.3 is 0 Å². The standard InChI is InChI=1S/C20H19ClN2O/c1-3-15-18(16-11-7-8-12-17(16)22-19(15)21)20(24)23(2)13-14-9-5-4-6-10-14/h4-12H,3,13H2,1-2H3. The van der Waals surface area contributed by atoms with Crippen LogP contribution in [-0.4, -0.2) is 22.8 Å². The van der Waals surface area contributed by atoms with Gasteiger partial charge in [-0.3, -0.25) is 4.79 Å². The van der Waals surface area contributed by atoms with Gasteiger partial charge in [0, 0.05) is 24.5 Å². The van der Waals surface area contributed by atoms with Gasteiger partial charge < -0.3 is 4.90 Å². The number of carbonyl (C=O) groups is 1. The van der Waals surface area contributed by atoms with E-state index in [1.807, 2.05) is 68.6 Å². The van der Waals surface area contributed by atoms with Gasteiger partial charge in [0.2, 0.25) is 0 Å². The second-order valence-electron chi connectivity index (χ2n) is 5.77. The lowest BCUT2D eigenvalue weighted by atomic mass is 10.0. The summed E-state index contributed by atoms with van der Waals surface area (Å²) in [6.07, 6.45) is 0.664. The van der Waals surface area contributed by atoms with E-state index in [2.05, 4.69) is 4.98 Å². The van der Waals surface area contributed by atoms with Crippen molar-refractivity contribution in [1.29, 1.82) is 0 Å². The highest BCUT2D eigenvalue weighted by atomic mass is 35.5. The maximum Gasteiger partial charge on any atom is 0.254 e. The SMILES string of the molecule is CCc1c(Cl)nc2ccccc2c1C(=O)N(C)Cc1ccccc1. The molecule has 122 valence electrons. The first-order valence-corrected chi connectivity index (χ1v) is 8.36. The van der Waals surface area contributed by atoms with E-state index in [1.165, 1.54) is 0 Å². The van der Waals surface area contributed by atoms with Crippen molar-refractivity contribution < 1.29 is 4.79 Å². The third-order valence-corrected chi connectivity index (χ3v) is 4.43. The Morgan fingerprint density at radius 1 is 1.08 bits per heavy atom. The number of aromatic nitrogens is 1. The molecule has 3 rings (SSSR count). The number of pyridine rings is 1. The van der Waals surface area contributed by atoms with E-state index in [4.69, 9.17) is 11.6 Å². The quantitative estimate of drug-likeness (QED) is 0.645. The molecule has 0 aliphatic rings. The van der Waals surface area contributed by atoms with E-state index in [0.717, 1.165) is 22.0 Å². The number of carbonyl (C=O) groups excluding carboxylic acids is 1. The summed E-state index contributed by atoms with van der Waals surface area (Å²) in [5, 5.41) is 1.26. The Morgan fingerprint density at radius 2 is 1.75 bits per heavy atom. The monoisotopic (exact) mass is 338 g/mol. The summed E-state index contributed by atoms with van der Waals surface area (Å²) in [6.45, 7) is 2.54. The molecule has 0 radical (unpaired) electrons. The topological polar surface area (TPSA) is 33.2 Å². The molecule has 1 amide bonds. The molecule has 0 aliphatic carbocycles. The lowest BCUT2D eigenvalue weighted by Crippen LogP contribution is -2.27. The van der Waals surface area contributed by atoms with Crippen LogP contribution in [0.4, 0.5) is 0 Å². The van der Waals surface area contributed by atoms with Crippen molar-refractivity contribution in [2.24, 2.45) is 0 Å². The molecular formula is C20H19ClN2O. The summed E-state index contributed by atoms with van der Waals surface area (Å²) >= 11 is 6.34. The molecule has 1 heterocycles. The largest absolute Gasteiger partial charge is 0.337 e. The predicted molar refractivity (Wildman–Crippen MR) is 98.4 cm³/mol. The zero-order valence-corrected chi connectivity index (χ0v) is 14.5. The van der Waals surface area contributed by atoms with Gasteiger partial charge in [-0.15, -0.1) is 0 Å². The van der Waals surface area contributed by atoms with Gasteiger partial charge in [-0.05, 0) is 18.1 Å². The predicted octanol–water partition coefficient (Wildman–Crippen LogP) is 4.72. The van der Waals surface area contributed by atoms with Gasteiger partial charge in [0.05, 0.1) is 11.1 Å². The fourth-order valence-corrected chi connectivity index (χ4v) is 3.23. The summed E-state index contributed by atoms with van der Waals surface area (Å²) in [5.74, 6) is -0.0313. The summed E-state index contributed by atoms with van der Waals surface area (Å²) in [6, 6.07) is 17.6. The van der Waals surface area contributed by atoms with Crippen molar-refractivity contribution in [2.75, 3.05) is 7.05 Å². The minimum atomic E-state index is -0.0313. The van der Waals surface area contributed by atoms with Crippen LogP contribution in [0.2, 0.25) is 5.15 Å². The molecule has 3 aromatic rings. The number of hydrogen-bond donors (Lipinski definition) is 0. The summed E-state index contributed by atoms with van der Waals surface area (Å²) in [4.78, 5) is 19.3. The third-order valence-electron chi connectivity index (χ3n) is 4.12. The Balaban J connectivity index is 2.05. The highest BCUT2D eigenvalue weighted by Crippen LogP contribution is 2.28. The van der Waals surface area contributed by atoms with Crippen LogP contribution in [0.1, 0.15) is 28.4 Å². The first kappa shape index (κ1) is 16.5. The van der Waals surface area contributed by atoms with Crippen molar-refractivity contribution in [1.82, 2.24) is 9.88 Å². The van der Waals surface area contributed by atoms with E-state index >= 15 is 0 Å². The second-order valence-corrected chi connectivity index (χ2v) is 6.13. The molecule has 0 N–H and O–H groups in total. The minimum Gasteiger partial charge on any atom is -0.337 e. The average Bonchev–Trinajstić information content (AvgIpc) is 2.60. The highest BCUT2D eigenvalue weighted by Gasteiger charge is 2.21. The van der Waals surface area contributed by atoms with Crippen molar-refractivity contribution in [3.63, 3.8) is 0 Å².